The third-order valence-corrected chi connectivity index (χ3v) is 4.59. The highest BCUT2D eigenvalue weighted by molar-refractivity contribution is 7.89. The molecule has 0 bridgehead atoms. The van der Waals surface area contributed by atoms with Crippen LogP contribution < -0.4 is 0 Å². The van der Waals surface area contributed by atoms with Gasteiger partial charge >= 0.3 is 0 Å². The fraction of sp³-hybridized carbons (Fsp3) is 0.545. The number of hydrogen-bond acceptors (Lipinski definition) is 4. The minimum atomic E-state index is -3.24. The second kappa shape index (κ2) is 4.36. The lowest BCUT2D eigenvalue weighted by Gasteiger charge is -2.42. The Labute approximate surface area is 101 Å². The van der Waals surface area contributed by atoms with Crippen LogP contribution in [0.2, 0.25) is 0 Å². The number of β-amino-alcohol motifs (C(OH)–C–C–N with tert-alkyl or cyclic N) is 1. The topological polar surface area (TPSA) is 70.5 Å². The Bertz CT molecular complexity index is 477. The largest absolute Gasteiger partial charge is 0.387 e. The van der Waals surface area contributed by atoms with E-state index in [4.69, 9.17) is 0 Å². The fourth-order valence-electron chi connectivity index (χ4n) is 1.84. The molecule has 17 heavy (non-hydrogen) atoms. The SMILES string of the molecule is CC1(O)CN(S(=O)(=O)CCc2ccncc2)C1. The van der Waals surface area contributed by atoms with Crippen LogP contribution in [0.4, 0.5) is 0 Å². The van der Waals surface area contributed by atoms with Crippen molar-refractivity contribution in [2.24, 2.45) is 0 Å². The lowest BCUT2D eigenvalue weighted by molar-refractivity contribution is -0.0426. The number of rotatable bonds is 4. The van der Waals surface area contributed by atoms with Crippen LogP contribution in [0.5, 0.6) is 0 Å². The number of nitrogens with zero attached hydrogens (tertiary/aromatic N) is 2. The molecular weight excluding hydrogens is 240 g/mol. The average molecular weight is 256 g/mol. The molecule has 1 aromatic heterocycles. The molecule has 0 saturated carbocycles. The van der Waals surface area contributed by atoms with Gasteiger partial charge in [0.1, 0.15) is 0 Å². The molecule has 0 unspecified atom stereocenters. The van der Waals surface area contributed by atoms with Crippen LogP contribution in [0.3, 0.4) is 0 Å². The number of sulfonamides is 1. The van der Waals surface area contributed by atoms with E-state index in [1.54, 1.807) is 19.3 Å². The molecule has 0 aliphatic carbocycles. The van der Waals surface area contributed by atoms with E-state index >= 15 is 0 Å². The van der Waals surface area contributed by atoms with Gasteiger partial charge in [-0.2, -0.15) is 4.31 Å². The normalized spacial score (nSPS) is 19.9. The van der Waals surface area contributed by atoms with Crippen molar-refractivity contribution in [2.45, 2.75) is 18.9 Å². The summed E-state index contributed by atoms with van der Waals surface area (Å²) < 4.78 is 25.1. The Balaban J connectivity index is 1.91. The smallest absolute Gasteiger partial charge is 0.214 e. The summed E-state index contributed by atoms with van der Waals surface area (Å²) in [5, 5.41) is 9.52. The van der Waals surface area contributed by atoms with Crippen molar-refractivity contribution in [2.75, 3.05) is 18.8 Å². The molecule has 1 aliphatic rings. The van der Waals surface area contributed by atoms with Gasteiger partial charge in [0.2, 0.25) is 10.0 Å². The maximum atomic E-state index is 11.9. The monoisotopic (exact) mass is 256 g/mol. The highest BCUT2D eigenvalue weighted by atomic mass is 32.2. The summed E-state index contributed by atoms with van der Waals surface area (Å²) in [5.41, 5.74) is 0.0971. The molecule has 0 amide bonds. The molecule has 1 saturated heterocycles. The summed E-state index contributed by atoms with van der Waals surface area (Å²) in [7, 11) is -3.24. The van der Waals surface area contributed by atoms with Crippen molar-refractivity contribution in [3.63, 3.8) is 0 Å². The Morgan fingerprint density at radius 2 is 2.00 bits per heavy atom. The summed E-state index contributed by atoms with van der Waals surface area (Å²) in [4.78, 5) is 3.88. The molecule has 2 rings (SSSR count). The Morgan fingerprint density at radius 1 is 1.41 bits per heavy atom. The maximum absolute atomic E-state index is 11.9. The van der Waals surface area contributed by atoms with Gasteiger partial charge < -0.3 is 5.11 Å². The summed E-state index contributed by atoms with van der Waals surface area (Å²) in [5.74, 6) is 0.0765. The molecule has 2 heterocycles. The maximum Gasteiger partial charge on any atom is 0.214 e. The molecule has 6 heteroatoms. The van der Waals surface area contributed by atoms with Gasteiger partial charge in [-0.1, -0.05) is 0 Å². The minimum absolute atomic E-state index is 0.0765. The number of hydrogen-bond donors (Lipinski definition) is 1. The highest BCUT2D eigenvalue weighted by Gasteiger charge is 2.42. The number of aryl methyl sites for hydroxylation is 1. The zero-order chi connectivity index (χ0) is 12.5. The summed E-state index contributed by atoms with van der Waals surface area (Å²) in [6.45, 7) is 2.04. The summed E-state index contributed by atoms with van der Waals surface area (Å²) >= 11 is 0. The van der Waals surface area contributed by atoms with Gasteiger partial charge in [-0.25, -0.2) is 8.42 Å². The molecule has 1 aliphatic heterocycles. The van der Waals surface area contributed by atoms with Crippen molar-refractivity contribution in [1.82, 2.24) is 9.29 Å². The standard InChI is InChI=1S/C11H16N2O3S/c1-11(14)8-13(9-11)17(15,16)7-4-10-2-5-12-6-3-10/h2-3,5-6,14H,4,7-9H2,1H3. The third-order valence-electron chi connectivity index (χ3n) is 2.83. The molecular formula is C11H16N2O3S. The quantitative estimate of drug-likeness (QED) is 0.824. The van der Waals surface area contributed by atoms with E-state index in [9.17, 15) is 13.5 Å². The van der Waals surface area contributed by atoms with Crippen LogP contribution in [0, 0.1) is 0 Å². The summed E-state index contributed by atoms with van der Waals surface area (Å²) in [6.07, 6.45) is 3.77. The molecule has 1 fully saturated rings. The van der Waals surface area contributed by atoms with E-state index < -0.39 is 15.6 Å². The first-order valence-corrected chi connectivity index (χ1v) is 7.09. The lowest BCUT2D eigenvalue weighted by atomic mass is 10.0. The van der Waals surface area contributed by atoms with Crippen molar-refractivity contribution < 1.29 is 13.5 Å². The second-order valence-corrected chi connectivity index (χ2v) is 6.77. The molecule has 0 atom stereocenters. The lowest BCUT2D eigenvalue weighted by Crippen LogP contribution is -2.62. The fourth-order valence-corrected chi connectivity index (χ4v) is 3.54. The molecule has 0 radical (unpaired) electrons. The predicted molar refractivity (Wildman–Crippen MR) is 63.9 cm³/mol. The average Bonchev–Trinajstić information content (AvgIpc) is 2.25. The number of pyridine rings is 1. The Morgan fingerprint density at radius 3 is 2.53 bits per heavy atom. The van der Waals surface area contributed by atoms with Crippen LogP contribution in [-0.4, -0.2) is 47.3 Å². The van der Waals surface area contributed by atoms with Crippen molar-refractivity contribution in [1.29, 1.82) is 0 Å². The van der Waals surface area contributed by atoms with E-state index in [0.29, 0.717) is 6.42 Å². The van der Waals surface area contributed by atoms with Crippen LogP contribution in [-0.2, 0) is 16.4 Å². The van der Waals surface area contributed by atoms with E-state index in [1.165, 1.54) is 4.31 Å². The minimum Gasteiger partial charge on any atom is -0.387 e. The van der Waals surface area contributed by atoms with Gasteiger partial charge in [-0.05, 0) is 31.0 Å². The van der Waals surface area contributed by atoms with Gasteiger partial charge in [0.15, 0.2) is 0 Å². The van der Waals surface area contributed by atoms with Crippen LogP contribution in [0.1, 0.15) is 12.5 Å². The zero-order valence-electron chi connectivity index (χ0n) is 9.70. The molecule has 5 nitrogen and oxygen atoms in total. The van der Waals surface area contributed by atoms with Crippen molar-refractivity contribution in [3.05, 3.63) is 30.1 Å². The molecule has 1 aromatic rings. The van der Waals surface area contributed by atoms with Crippen molar-refractivity contribution in [3.8, 4) is 0 Å². The van der Waals surface area contributed by atoms with E-state index in [2.05, 4.69) is 4.98 Å². The molecule has 1 N–H and O–H groups in total. The molecule has 0 spiro atoms. The third kappa shape index (κ3) is 3.02. The van der Waals surface area contributed by atoms with Crippen LogP contribution in [0.25, 0.3) is 0 Å². The first-order chi connectivity index (χ1) is 7.89. The van der Waals surface area contributed by atoms with Gasteiger partial charge in [-0.15, -0.1) is 0 Å². The van der Waals surface area contributed by atoms with Crippen molar-refractivity contribution >= 4 is 10.0 Å². The van der Waals surface area contributed by atoms with Gasteiger partial charge in [0, 0.05) is 25.5 Å². The van der Waals surface area contributed by atoms with E-state index in [1.807, 2.05) is 12.1 Å². The highest BCUT2D eigenvalue weighted by Crippen LogP contribution is 2.23. The number of aliphatic hydroxyl groups is 1. The molecule has 0 aromatic carbocycles. The zero-order valence-corrected chi connectivity index (χ0v) is 10.5. The van der Waals surface area contributed by atoms with Gasteiger partial charge in [-0.3, -0.25) is 4.98 Å². The predicted octanol–water partition coefficient (Wildman–Crippen LogP) is 0.0205. The van der Waals surface area contributed by atoms with Crippen LogP contribution in [0.15, 0.2) is 24.5 Å². The van der Waals surface area contributed by atoms with E-state index in [0.717, 1.165) is 5.56 Å². The first-order valence-electron chi connectivity index (χ1n) is 5.48. The number of aromatic nitrogens is 1. The Kier molecular flexibility index (Phi) is 3.20. The summed E-state index contributed by atoms with van der Waals surface area (Å²) in [6, 6.07) is 3.61. The molecule has 94 valence electrons. The first kappa shape index (κ1) is 12.5. The Hall–Kier alpha value is -0.980. The van der Waals surface area contributed by atoms with E-state index in [-0.39, 0.29) is 18.8 Å². The van der Waals surface area contributed by atoms with Gasteiger partial charge in [0.25, 0.3) is 0 Å². The van der Waals surface area contributed by atoms with Gasteiger partial charge in [0.05, 0.1) is 11.4 Å². The second-order valence-electron chi connectivity index (χ2n) is 4.69. The van der Waals surface area contributed by atoms with Crippen LogP contribution >= 0.6 is 0 Å².